The van der Waals surface area contributed by atoms with E-state index in [1.54, 1.807) is 0 Å². The summed E-state index contributed by atoms with van der Waals surface area (Å²) < 4.78 is 30.8. The molecule has 0 aliphatic heterocycles. The van der Waals surface area contributed by atoms with Crippen LogP contribution in [-0.4, -0.2) is 34.7 Å². The summed E-state index contributed by atoms with van der Waals surface area (Å²) in [5.41, 5.74) is 3.86. The highest BCUT2D eigenvalue weighted by Crippen LogP contribution is 2.38. The summed E-state index contributed by atoms with van der Waals surface area (Å²) in [6, 6.07) is 1.23. The Balaban J connectivity index is 3.64. The van der Waals surface area contributed by atoms with Crippen LogP contribution in [0.15, 0.2) is 22.0 Å². The maximum atomic E-state index is 11.0. The summed E-state index contributed by atoms with van der Waals surface area (Å²) >= 11 is 5.35. The third kappa shape index (κ3) is 3.53. The second-order valence-electron chi connectivity index (χ2n) is 3.28. The molecule has 0 saturated carbocycles. The van der Waals surface area contributed by atoms with Crippen LogP contribution in [0.4, 0.5) is 11.4 Å². The maximum absolute atomic E-state index is 11.0. The highest BCUT2D eigenvalue weighted by atomic mass is 35.5. The number of rotatable bonds is 4. The third-order valence-corrected chi connectivity index (χ3v) is 3.04. The Labute approximate surface area is 112 Å². The van der Waals surface area contributed by atoms with Gasteiger partial charge in [-0.05, 0) is 6.07 Å². The van der Waals surface area contributed by atoms with Crippen molar-refractivity contribution in [3.05, 3.63) is 22.2 Å². The predicted octanol–water partition coefficient (Wildman–Crippen LogP) is 0.775. The molecule has 0 bridgehead atoms. The predicted molar refractivity (Wildman–Crippen MR) is 66.6 cm³/mol. The Morgan fingerprint density at radius 3 is 2.53 bits per heavy atom. The van der Waals surface area contributed by atoms with E-state index in [0.29, 0.717) is 6.07 Å². The fourth-order valence-electron chi connectivity index (χ4n) is 1.14. The van der Waals surface area contributed by atoms with Gasteiger partial charge in [0.05, 0.1) is 10.8 Å². The quantitative estimate of drug-likeness (QED) is 0.185. The lowest BCUT2D eigenvalue weighted by Crippen LogP contribution is -2.12. The summed E-state index contributed by atoms with van der Waals surface area (Å²) in [7, 11) is -4.70. The van der Waals surface area contributed by atoms with Crippen LogP contribution in [0.1, 0.15) is 0 Å². The molecule has 1 aromatic rings. The average molecular weight is 310 g/mol. The van der Waals surface area contributed by atoms with Gasteiger partial charge in [0.1, 0.15) is 16.4 Å². The number of hydrogen-bond acceptors (Lipinski definition) is 6. The first kappa shape index (κ1) is 15.1. The molecule has 1 rings (SSSR count). The van der Waals surface area contributed by atoms with Gasteiger partial charge in [-0.1, -0.05) is 0 Å². The van der Waals surface area contributed by atoms with Crippen molar-refractivity contribution < 1.29 is 23.0 Å². The van der Waals surface area contributed by atoms with Crippen molar-refractivity contribution in [1.82, 2.24) is 0 Å². The molecule has 0 unspecified atom stereocenters. The third-order valence-electron chi connectivity index (χ3n) is 1.94. The molecule has 0 heterocycles. The first-order valence-corrected chi connectivity index (χ1v) is 6.52. The van der Waals surface area contributed by atoms with Crippen LogP contribution >= 0.6 is 11.6 Å². The topological polar surface area (TPSA) is 156 Å². The molecule has 11 heteroatoms. The molecule has 0 aliphatic rings. The van der Waals surface area contributed by atoms with Crippen LogP contribution in [0.3, 0.4) is 0 Å². The number of nitrogens with zero attached hydrogens (tertiary/aromatic N) is 2. The molecular formula is C8H8ClN3O6S. The van der Waals surface area contributed by atoms with Gasteiger partial charge in [-0.2, -0.15) is 8.42 Å². The van der Waals surface area contributed by atoms with E-state index < -0.39 is 37.1 Å². The summed E-state index contributed by atoms with van der Waals surface area (Å²) in [5.74, 6) is -1.31. The first-order chi connectivity index (χ1) is 8.66. The Bertz CT molecular complexity index is 657. The van der Waals surface area contributed by atoms with Gasteiger partial charge in [0.15, 0.2) is 0 Å². The summed E-state index contributed by atoms with van der Waals surface area (Å²) in [4.78, 5) is 12.4. The zero-order valence-corrected chi connectivity index (χ0v) is 10.7. The Morgan fingerprint density at radius 1 is 1.53 bits per heavy atom. The smallest absolute Gasteiger partial charge is 0.314 e. The number of benzene rings is 1. The van der Waals surface area contributed by atoms with Crippen molar-refractivity contribution in [3.63, 3.8) is 0 Å². The molecule has 0 spiro atoms. The van der Waals surface area contributed by atoms with Crippen molar-refractivity contribution in [2.75, 3.05) is 5.88 Å². The second kappa shape index (κ2) is 5.38. The first-order valence-electron chi connectivity index (χ1n) is 4.54. The zero-order valence-electron chi connectivity index (χ0n) is 9.15. The molecule has 0 radical (unpaired) electrons. The van der Waals surface area contributed by atoms with Crippen LogP contribution in [-0.2, 0) is 10.1 Å². The molecule has 0 saturated heterocycles. The largest absolute Gasteiger partial charge is 0.501 e. The molecule has 0 aliphatic carbocycles. The number of hydrogen-bond donors (Lipinski definition) is 3. The molecule has 19 heavy (non-hydrogen) atoms. The highest BCUT2D eigenvalue weighted by molar-refractivity contribution is 7.85. The SMILES string of the molecule is NC(CCl)=Nc1cc(S(=O)(=O)O)cc([N+](=O)[O-])c1O. The molecule has 0 aromatic heterocycles. The number of nitro groups is 1. The van der Waals surface area contributed by atoms with Gasteiger partial charge in [-0.3, -0.25) is 14.7 Å². The lowest BCUT2D eigenvalue weighted by molar-refractivity contribution is -0.386. The normalized spacial score (nSPS) is 12.4. The highest BCUT2D eigenvalue weighted by Gasteiger charge is 2.23. The van der Waals surface area contributed by atoms with E-state index in [1.807, 2.05) is 0 Å². The Kier molecular flexibility index (Phi) is 4.29. The van der Waals surface area contributed by atoms with E-state index in [0.717, 1.165) is 6.07 Å². The molecular weight excluding hydrogens is 302 g/mol. The minimum absolute atomic E-state index is 0.196. The van der Waals surface area contributed by atoms with E-state index >= 15 is 0 Å². The number of halogens is 1. The van der Waals surface area contributed by atoms with Crippen LogP contribution in [0.25, 0.3) is 0 Å². The molecule has 9 nitrogen and oxygen atoms in total. The zero-order chi connectivity index (χ0) is 14.8. The molecule has 4 N–H and O–H groups in total. The van der Waals surface area contributed by atoms with Gasteiger partial charge < -0.3 is 10.8 Å². The van der Waals surface area contributed by atoms with Crippen molar-refractivity contribution in [1.29, 1.82) is 0 Å². The summed E-state index contributed by atoms with van der Waals surface area (Å²) in [5, 5.41) is 20.2. The minimum atomic E-state index is -4.70. The summed E-state index contributed by atoms with van der Waals surface area (Å²) in [6.07, 6.45) is 0. The van der Waals surface area contributed by atoms with Crippen molar-refractivity contribution >= 4 is 38.9 Å². The lowest BCUT2D eigenvalue weighted by Gasteiger charge is -2.04. The average Bonchev–Trinajstić information content (AvgIpc) is 2.29. The van der Waals surface area contributed by atoms with E-state index in [4.69, 9.17) is 21.9 Å². The molecule has 0 atom stereocenters. The number of aromatic hydroxyl groups is 1. The number of nitro benzene ring substituents is 1. The number of aliphatic imine (C=N–C) groups is 1. The molecule has 1 aromatic carbocycles. The van der Waals surface area contributed by atoms with Crippen molar-refractivity contribution in [2.45, 2.75) is 4.90 Å². The maximum Gasteiger partial charge on any atom is 0.314 e. The number of phenols is 1. The molecule has 0 fully saturated rings. The fourth-order valence-corrected chi connectivity index (χ4v) is 1.72. The van der Waals surface area contributed by atoms with E-state index in [9.17, 15) is 23.6 Å². The number of alkyl halides is 1. The molecule has 0 amide bonds. The fraction of sp³-hybridized carbons (Fsp3) is 0.125. The van der Waals surface area contributed by atoms with Gasteiger partial charge in [-0.15, -0.1) is 11.6 Å². The second-order valence-corrected chi connectivity index (χ2v) is 4.97. The Hall–Kier alpha value is -1.91. The van der Waals surface area contributed by atoms with Gasteiger partial charge >= 0.3 is 5.69 Å². The van der Waals surface area contributed by atoms with Crippen LogP contribution in [0.5, 0.6) is 5.75 Å². The monoisotopic (exact) mass is 309 g/mol. The van der Waals surface area contributed by atoms with Gasteiger partial charge in [0.2, 0.25) is 5.75 Å². The van der Waals surface area contributed by atoms with Crippen molar-refractivity contribution in [3.8, 4) is 5.75 Å². The standard InChI is InChI=1S/C8H8ClN3O6S/c9-3-7(10)11-5-1-4(19(16,17)18)2-6(8(5)13)12(14)15/h1-2,13H,3H2,(H2,10,11)(H,16,17,18). The van der Waals surface area contributed by atoms with Crippen molar-refractivity contribution in [2.24, 2.45) is 10.7 Å². The van der Waals surface area contributed by atoms with Gasteiger partial charge in [0, 0.05) is 6.07 Å². The van der Waals surface area contributed by atoms with E-state index in [2.05, 4.69) is 4.99 Å². The number of amidine groups is 1. The summed E-state index contributed by atoms with van der Waals surface area (Å²) in [6.45, 7) is 0. The van der Waals surface area contributed by atoms with E-state index in [-0.39, 0.29) is 11.7 Å². The van der Waals surface area contributed by atoms with E-state index in [1.165, 1.54) is 0 Å². The molecule has 104 valence electrons. The van der Waals surface area contributed by atoms with Crippen LogP contribution in [0.2, 0.25) is 0 Å². The lowest BCUT2D eigenvalue weighted by atomic mass is 10.2. The minimum Gasteiger partial charge on any atom is -0.501 e. The number of phenolic OH excluding ortho intramolecular Hbond substituents is 1. The van der Waals surface area contributed by atoms with Crippen LogP contribution < -0.4 is 5.73 Å². The van der Waals surface area contributed by atoms with Gasteiger partial charge in [0.25, 0.3) is 10.1 Å². The Morgan fingerprint density at radius 2 is 2.11 bits per heavy atom. The van der Waals surface area contributed by atoms with Gasteiger partial charge in [-0.25, -0.2) is 4.99 Å². The van der Waals surface area contributed by atoms with Crippen LogP contribution in [0, 0.1) is 10.1 Å². The number of nitrogens with two attached hydrogens (primary N) is 1.